The minimum atomic E-state index is 0.582. The Morgan fingerprint density at radius 3 is 0.857 bits per heavy atom. The van der Waals surface area contributed by atoms with E-state index in [1.54, 1.807) is 0 Å². The van der Waals surface area contributed by atoms with Crippen molar-refractivity contribution in [1.82, 2.24) is 23.7 Å². The molecule has 0 saturated carbocycles. The van der Waals surface area contributed by atoms with Crippen molar-refractivity contribution in [3.63, 3.8) is 0 Å². The van der Waals surface area contributed by atoms with Gasteiger partial charge < -0.3 is 0 Å². The zero-order valence-electron chi connectivity index (χ0n) is 44.8. The Balaban J connectivity index is 0.885. The molecule has 8 heteroatoms. The molecule has 0 aliphatic heterocycles. The Hall–Kier alpha value is -10.2. The van der Waals surface area contributed by atoms with Crippen molar-refractivity contribution in [2.45, 2.75) is 0 Å². The van der Waals surface area contributed by atoms with Crippen LogP contribution in [-0.4, -0.2) is 23.7 Å². The SMILES string of the molecule is c1ccc2c(c1)sc1ccc(-c3ccc4c5ccccc5n(-c5cc(-n6c7ccccc7c7ccc(-c8ccc9sc%10ccccc%10c9c8)cc76)nc(-n6c7ccccc7c7ccc(-c8ccc9sc%10ccccc%10c9c8)cc76)n5)c4c3)cc12. The van der Waals surface area contributed by atoms with Crippen LogP contribution in [0, 0.1) is 0 Å². The molecule has 7 aromatic heterocycles. The van der Waals surface area contributed by atoms with Crippen LogP contribution in [0.15, 0.2) is 261 Å². The molecular formula is C76H43N5S3. The van der Waals surface area contributed by atoms with Gasteiger partial charge in [0.1, 0.15) is 11.6 Å². The molecule has 19 aromatic rings. The van der Waals surface area contributed by atoms with Crippen molar-refractivity contribution >= 4 is 160 Å². The number of nitrogens with zero attached hydrogens (tertiary/aromatic N) is 5. The van der Waals surface area contributed by atoms with Crippen molar-refractivity contribution in [3.8, 4) is 51.0 Å². The molecule has 0 radical (unpaired) electrons. The van der Waals surface area contributed by atoms with Gasteiger partial charge in [-0.1, -0.05) is 164 Å². The molecule has 0 N–H and O–H groups in total. The second-order valence-electron chi connectivity index (χ2n) is 22.1. The van der Waals surface area contributed by atoms with Gasteiger partial charge in [0.05, 0.1) is 33.1 Å². The van der Waals surface area contributed by atoms with Gasteiger partial charge in [-0.15, -0.1) is 34.0 Å². The minimum Gasteiger partial charge on any atom is -0.294 e. The lowest BCUT2D eigenvalue weighted by Gasteiger charge is -2.16. The summed E-state index contributed by atoms with van der Waals surface area (Å²) in [5, 5.41) is 14.6. The summed E-state index contributed by atoms with van der Waals surface area (Å²) in [7, 11) is 0. The van der Waals surface area contributed by atoms with Crippen molar-refractivity contribution in [3.05, 3.63) is 261 Å². The highest BCUT2D eigenvalue weighted by molar-refractivity contribution is 7.26. The maximum Gasteiger partial charge on any atom is 0.238 e. The van der Waals surface area contributed by atoms with Gasteiger partial charge in [-0.25, -0.2) is 0 Å². The zero-order chi connectivity index (χ0) is 54.7. The highest BCUT2D eigenvalue weighted by atomic mass is 32.1. The van der Waals surface area contributed by atoms with E-state index in [0.29, 0.717) is 5.95 Å². The molecule has 0 bridgehead atoms. The highest BCUT2D eigenvalue weighted by Crippen LogP contribution is 2.44. The molecule has 0 aliphatic rings. The van der Waals surface area contributed by atoms with Crippen LogP contribution in [-0.2, 0) is 0 Å². The van der Waals surface area contributed by atoms with Gasteiger partial charge in [0.2, 0.25) is 5.95 Å². The van der Waals surface area contributed by atoms with Gasteiger partial charge in [-0.2, -0.15) is 9.97 Å². The Kier molecular flexibility index (Phi) is 9.75. The fourth-order valence-corrected chi connectivity index (χ4v) is 16.9. The summed E-state index contributed by atoms with van der Waals surface area (Å²) in [6, 6.07) is 96.4. The molecule has 0 atom stereocenters. The summed E-state index contributed by atoms with van der Waals surface area (Å²) in [5.41, 5.74) is 13.3. The molecule has 0 unspecified atom stereocenters. The van der Waals surface area contributed by atoms with Gasteiger partial charge in [0, 0.05) is 98.9 Å². The first-order valence-corrected chi connectivity index (χ1v) is 30.8. The summed E-state index contributed by atoms with van der Waals surface area (Å²) >= 11 is 5.55. The molecular weight excluding hydrogens is 1080 g/mol. The van der Waals surface area contributed by atoms with Gasteiger partial charge in [-0.05, 0) is 124 Å². The summed E-state index contributed by atoms with van der Waals surface area (Å²) in [4.78, 5) is 11.7. The highest BCUT2D eigenvalue weighted by Gasteiger charge is 2.24. The summed E-state index contributed by atoms with van der Waals surface area (Å²) < 4.78 is 14.8. The van der Waals surface area contributed by atoms with E-state index >= 15 is 0 Å². The van der Waals surface area contributed by atoms with Gasteiger partial charge >= 0.3 is 0 Å². The maximum absolute atomic E-state index is 5.85. The third kappa shape index (κ3) is 6.81. The van der Waals surface area contributed by atoms with E-state index in [1.807, 2.05) is 34.0 Å². The molecule has 0 aliphatic carbocycles. The topological polar surface area (TPSA) is 40.6 Å². The summed E-state index contributed by atoms with van der Waals surface area (Å²) in [5.74, 6) is 2.12. The number of thiophene rings is 3. The van der Waals surface area contributed by atoms with Crippen LogP contribution in [0.25, 0.3) is 177 Å². The van der Waals surface area contributed by atoms with Gasteiger partial charge in [-0.3, -0.25) is 13.7 Å². The minimum absolute atomic E-state index is 0.582. The monoisotopic (exact) mass is 1120 g/mol. The summed E-state index contributed by atoms with van der Waals surface area (Å²) in [6.07, 6.45) is 0. The number of hydrogen-bond acceptors (Lipinski definition) is 5. The molecule has 0 amide bonds. The number of fused-ring (bicyclic) bond motifs is 18. The number of rotatable bonds is 6. The van der Waals surface area contributed by atoms with Crippen LogP contribution in [0.3, 0.4) is 0 Å². The molecule has 5 nitrogen and oxygen atoms in total. The van der Waals surface area contributed by atoms with E-state index in [9.17, 15) is 0 Å². The molecule has 390 valence electrons. The Bertz CT molecular complexity index is 5430. The zero-order valence-corrected chi connectivity index (χ0v) is 47.2. The lowest BCUT2D eigenvalue weighted by Crippen LogP contribution is -2.10. The second kappa shape index (κ2) is 17.6. The van der Waals surface area contributed by atoms with Crippen LogP contribution in [0.2, 0.25) is 0 Å². The Labute approximate surface area is 492 Å². The lowest BCUT2D eigenvalue weighted by molar-refractivity contribution is 0.918. The van der Waals surface area contributed by atoms with Gasteiger partial charge in [0.15, 0.2) is 0 Å². The lowest BCUT2D eigenvalue weighted by atomic mass is 10.0. The van der Waals surface area contributed by atoms with Crippen molar-refractivity contribution < 1.29 is 0 Å². The summed E-state index contributed by atoms with van der Waals surface area (Å²) in [6.45, 7) is 0. The van der Waals surface area contributed by atoms with Crippen molar-refractivity contribution in [2.24, 2.45) is 0 Å². The van der Waals surface area contributed by atoms with E-state index in [0.717, 1.165) is 93.7 Å². The molecule has 7 heterocycles. The van der Waals surface area contributed by atoms with Crippen LogP contribution in [0.1, 0.15) is 0 Å². The van der Waals surface area contributed by atoms with E-state index < -0.39 is 0 Å². The fourth-order valence-electron chi connectivity index (χ4n) is 13.6. The first-order chi connectivity index (χ1) is 41.6. The third-order valence-electron chi connectivity index (χ3n) is 17.5. The fraction of sp³-hybridized carbons (Fsp3) is 0. The average Bonchev–Trinajstić information content (AvgIpc) is 3.78. The number of hydrogen-bond donors (Lipinski definition) is 0. The van der Waals surface area contributed by atoms with Gasteiger partial charge in [0.25, 0.3) is 0 Å². The van der Waals surface area contributed by atoms with Crippen LogP contribution in [0.5, 0.6) is 0 Å². The van der Waals surface area contributed by atoms with E-state index in [4.69, 9.17) is 9.97 Å². The number of benzene rings is 12. The maximum atomic E-state index is 5.85. The van der Waals surface area contributed by atoms with Crippen molar-refractivity contribution in [2.75, 3.05) is 0 Å². The third-order valence-corrected chi connectivity index (χ3v) is 21.0. The van der Waals surface area contributed by atoms with E-state index in [-0.39, 0.29) is 0 Å². The molecule has 12 aromatic carbocycles. The first kappa shape index (κ1) is 46.4. The number of para-hydroxylation sites is 3. The normalized spacial score (nSPS) is 12.3. The van der Waals surface area contributed by atoms with E-state index in [2.05, 4.69) is 275 Å². The molecule has 0 fully saturated rings. The smallest absolute Gasteiger partial charge is 0.238 e. The Morgan fingerprint density at radius 1 is 0.202 bits per heavy atom. The number of aromatic nitrogens is 5. The van der Waals surface area contributed by atoms with Crippen LogP contribution in [0.4, 0.5) is 0 Å². The second-order valence-corrected chi connectivity index (χ2v) is 25.3. The first-order valence-electron chi connectivity index (χ1n) is 28.4. The quantitative estimate of drug-likeness (QED) is 0.166. The molecule has 19 rings (SSSR count). The molecule has 0 saturated heterocycles. The predicted octanol–water partition coefficient (Wildman–Crippen LogP) is 21.9. The van der Waals surface area contributed by atoms with E-state index in [1.165, 1.54) is 77.2 Å². The molecule has 0 spiro atoms. The predicted molar refractivity (Wildman–Crippen MR) is 360 cm³/mol. The van der Waals surface area contributed by atoms with Crippen molar-refractivity contribution in [1.29, 1.82) is 0 Å². The Morgan fingerprint density at radius 2 is 0.476 bits per heavy atom. The van der Waals surface area contributed by atoms with Crippen LogP contribution >= 0.6 is 34.0 Å². The van der Waals surface area contributed by atoms with Crippen LogP contribution < -0.4 is 0 Å². The standard InChI is InChI=1S/C76H43N5S3/c1-7-19-62-50(13-1)53-31-25-47(44-28-34-71-59(37-44)56-16-4-10-22-68(56)82-71)40-65(53)79(62)74-43-75(80-63-20-8-2-14-51(63)54-32-26-48(41-66(54)80)45-29-35-72-60(38-45)57-17-5-11-23-69(57)83-72)78-76(77-74)81-64-21-9-3-15-52(64)55-33-27-49(42-67(55)81)46-30-36-73-61(39-46)58-18-6-12-24-70(58)84-73/h1-43H. The molecule has 84 heavy (non-hydrogen) atoms. The largest absolute Gasteiger partial charge is 0.294 e. The average molecular weight is 1120 g/mol.